The topological polar surface area (TPSA) is 64.9 Å². The molecule has 0 unspecified atom stereocenters. The van der Waals surface area contributed by atoms with Gasteiger partial charge in [-0.15, -0.1) is 0 Å². The second kappa shape index (κ2) is 9.46. The molecule has 0 amide bonds. The first kappa shape index (κ1) is 24.6. The highest BCUT2D eigenvalue weighted by Gasteiger charge is 2.28. The number of nitrogens with one attached hydrogen (secondary N) is 1. The molecular formula is C27H37N3O3. The van der Waals surface area contributed by atoms with E-state index in [2.05, 4.69) is 69.6 Å². The summed E-state index contributed by atoms with van der Waals surface area (Å²) in [5, 5.41) is 3.76. The molecule has 0 aliphatic carbocycles. The third-order valence-corrected chi connectivity index (χ3v) is 5.33. The number of benzene rings is 1. The lowest BCUT2D eigenvalue weighted by molar-refractivity contribution is -0.134. The molecule has 0 saturated heterocycles. The molecular weight excluding hydrogens is 414 g/mol. The molecule has 0 saturated carbocycles. The van der Waals surface area contributed by atoms with Crippen molar-refractivity contribution in [1.82, 2.24) is 9.38 Å². The highest BCUT2D eigenvalue weighted by atomic mass is 16.6. The number of nitrogens with zero attached hydrogens (tertiary/aromatic N) is 2. The van der Waals surface area contributed by atoms with Gasteiger partial charge in [-0.25, -0.2) is 4.98 Å². The quantitative estimate of drug-likeness (QED) is 0.307. The van der Waals surface area contributed by atoms with E-state index in [1.165, 1.54) is 0 Å². The van der Waals surface area contributed by atoms with Crippen molar-refractivity contribution < 1.29 is 14.3 Å². The van der Waals surface area contributed by atoms with Crippen molar-refractivity contribution >= 4 is 17.4 Å². The molecule has 0 radical (unpaired) electrons. The summed E-state index contributed by atoms with van der Waals surface area (Å²) < 4.78 is 13.1. The van der Waals surface area contributed by atoms with E-state index in [-0.39, 0.29) is 16.9 Å². The Hall–Kier alpha value is -3.02. The number of fused-ring (bicyclic) bond motifs is 1. The highest BCUT2D eigenvalue weighted by Crippen LogP contribution is 2.38. The number of carbonyl (C=O) groups is 1. The van der Waals surface area contributed by atoms with Crippen LogP contribution in [0.25, 0.3) is 16.9 Å². The first-order valence-electron chi connectivity index (χ1n) is 11.6. The Bertz CT molecular complexity index is 1140. The van der Waals surface area contributed by atoms with E-state index in [4.69, 9.17) is 14.5 Å². The van der Waals surface area contributed by atoms with Gasteiger partial charge in [-0.1, -0.05) is 27.7 Å². The van der Waals surface area contributed by atoms with Crippen molar-refractivity contribution in [2.24, 2.45) is 5.41 Å². The van der Waals surface area contributed by atoms with Crippen LogP contribution in [-0.4, -0.2) is 28.0 Å². The summed E-state index contributed by atoms with van der Waals surface area (Å²) in [4.78, 5) is 17.0. The second-order valence-electron chi connectivity index (χ2n) is 10.6. The van der Waals surface area contributed by atoms with Crippen LogP contribution in [0.4, 0.5) is 5.82 Å². The van der Waals surface area contributed by atoms with Crippen LogP contribution in [0.1, 0.15) is 66.4 Å². The molecule has 6 nitrogen and oxygen atoms in total. The number of rotatable bonds is 8. The van der Waals surface area contributed by atoms with Gasteiger partial charge in [0.25, 0.3) is 0 Å². The average Bonchev–Trinajstić information content (AvgIpc) is 3.03. The van der Waals surface area contributed by atoms with Crippen LogP contribution < -0.4 is 14.8 Å². The molecule has 1 N–H and O–H groups in total. The summed E-state index contributed by atoms with van der Waals surface area (Å²) in [5.41, 5.74) is 3.74. The molecule has 0 fully saturated rings. The van der Waals surface area contributed by atoms with Gasteiger partial charge in [0.2, 0.25) is 0 Å². The third kappa shape index (κ3) is 6.06. The lowest BCUT2D eigenvalue weighted by atomic mass is 9.82. The van der Waals surface area contributed by atoms with Crippen molar-refractivity contribution in [3.05, 3.63) is 42.1 Å². The largest absolute Gasteiger partial charge is 0.493 e. The Morgan fingerprint density at radius 3 is 2.45 bits per heavy atom. The van der Waals surface area contributed by atoms with Gasteiger partial charge in [-0.2, -0.15) is 0 Å². The van der Waals surface area contributed by atoms with E-state index in [1.54, 1.807) is 13.2 Å². The van der Waals surface area contributed by atoms with Crippen LogP contribution in [0.15, 0.2) is 36.5 Å². The molecule has 0 aliphatic heterocycles. The second-order valence-corrected chi connectivity index (χ2v) is 10.6. The van der Waals surface area contributed by atoms with E-state index < -0.39 is 0 Å². The fourth-order valence-corrected chi connectivity index (χ4v) is 4.43. The molecule has 0 aliphatic rings. The molecule has 0 spiro atoms. The van der Waals surface area contributed by atoms with E-state index in [0.717, 1.165) is 41.1 Å². The fourth-order valence-electron chi connectivity index (χ4n) is 4.43. The molecule has 33 heavy (non-hydrogen) atoms. The minimum absolute atomic E-state index is 0.159. The number of aryl methyl sites for hydroxylation is 1. The number of hydrogen-bond acceptors (Lipinski definition) is 5. The minimum Gasteiger partial charge on any atom is -0.493 e. The standard InChI is InChI=1S/C27H37N3O3/c1-9-10-23(31)33-20-12-11-19(16-21(20)32-8)24-25(29-27(6,7)17-26(3,4)5)30-14-13-18(2)15-22(30)28-24/h11-16,29H,9-10,17H2,1-8H3. The van der Waals surface area contributed by atoms with Crippen LogP contribution in [0.5, 0.6) is 11.5 Å². The van der Waals surface area contributed by atoms with Gasteiger partial charge in [0.15, 0.2) is 11.5 Å². The monoisotopic (exact) mass is 451 g/mol. The van der Waals surface area contributed by atoms with Crippen molar-refractivity contribution in [3.8, 4) is 22.8 Å². The van der Waals surface area contributed by atoms with Crippen LogP contribution in [0, 0.1) is 12.3 Å². The van der Waals surface area contributed by atoms with Crippen LogP contribution in [0.3, 0.4) is 0 Å². The van der Waals surface area contributed by atoms with E-state index in [9.17, 15) is 4.79 Å². The molecule has 6 heteroatoms. The van der Waals surface area contributed by atoms with E-state index in [1.807, 2.05) is 19.1 Å². The maximum Gasteiger partial charge on any atom is 0.311 e. The molecule has 2 heterocycles. The van der Waals surface area contributed by atoms with Crippen LogP contribution in [-0.2, 0) is 4.79 Å². The molecule has 0 atom stereocenters. The first-order chi connectivity index (χ1) is 15.4. The Balaban J connectivity index is 2.08. The van der Waals surface area contributed by atoms with Crippen molar-refractivity contribution in [2.45, 2.75) is 73.3 Å². The van der Waals surface area contributed by atoms with Gasteiger partial charge in [-0.05, 0) is 74.9 Å². The SMILES string of the molecule is CCCC(=O)Oc1ccc(-c2nc3cc(C)ccn3c2NC(C)(C)CC(C)(C)C)cc1OC. The Labute approximate surface area is 197 Å². The summed E-state index contributed by atoms with van der Waals surface area (Å²) in [5.74, 6) is 1.59. The van der Waals surface area contributed by atoms with Crippen LogP contribution in [0.2, 0.25) is 0 Å². The third-order valence-electron chi connectivity index (χ3n) is 5.33. The number of methoxy groups -OCH3 is 1. The van der Waals surface area contributed by atoms with Gasteiger partial charge in [0.1, 0.15) is 17.2 Å². The zero-order valence-corrected chi connectivity index (χ0v) is 21.2. The number of pyridine rings is 1. The number of anilines is 1. The zero-order valence-electron chi connectivity index (χ0n) is 21.2. The Morgan fingerprint density at radius 1 is 1.09 bits per heavy atom. The van der Waals surface area contributed by atoms with Crippen molar-refractivity contribution in [2.75, 3.05) is 12.4 Å². The van der Waals surface area contributed by atoms with Crippen molar-refractivity contribution in [3.63, 3.8) is 0 Å². The molecule has 2 aromatic heterocycles. The highest BCUT2D eigenvalue weighted by molar-refractivity contribution is 5.79. The van der Waals surface area contributed by atoms with Gasteiger partial charge in [0.05, 0.1) is 7.11 Å². The van der Waals surface area contributed by atoms with Crippen LogP contribution >= 0.6 is 0 Å². The molecule has 178 valence electrons. The van der Waals surface area contributed by atoms with Gasteiger partial charge >= 0.3 is 5.97 Å². The predicted octanol–water partition coefficient (Wildman–Crippen LogP) is 6.65. The van der Waals surface area contributed by atoms with Gasteiger partial charge in [0, 0.05) is 23.7 Å². The summed E-state index contributed by atoms with van der Waals surface area (Å²) >= 11 is 0. The number of carbonyl (C=O) groups excluding carboxylic acids is 1. The number of aromatic nitrogens is 2. The van der Waals surface area contributed by atoms with E-state index >= 15 is 0 Å². The number of imidazole rings is 1. The summed E-state index contributed by atoms with van der Waals surface area (Å²) in [6, 6.07) is 9.74. The minimum atomic E-state index is -0.266. The predicted molar refractivity (Wildman–Crippen MR) is 134 cm³/mol. The molecule has 0 bridgehead atoms. The molecule has 3 aromatic rings. The Morgan fingerprint density at radius 2 is 1.82 bits per heavy atom. The number of hydrogen-bond donors (Lipinski definition) is 1. The zero-order chi connectivity index (χ0) is 24.4. The summed E-state index contributed by atoms with van der Waals surface area (Å²) in [6.45, 7) is 15.2. The lowest BCUT2D eigenvalue weighted by Crippen LogP contribution is -2.36. The first-order valence-corrected chi connectivity index (χ1v) is 11.6. The normalized spacial score (nSPS) is 12.1. The van der Waals surface area contributed by atoms with Crippen molar-refractivity contribution in [1.29, 1.82) is 0 Å². The number of ether oxygens (including phenoxy) is 2. The number of esters is 1. The van der Waals surface area contributed by atoms with E-state index in [0.29, 0.717) is 17.9 Å². The Kier molecular flexibility index (Phi) is 7.06. The smallest absolute Gasteiger partial charge is 0.311 e. The lowest BCUT2D eigenvalue weighted by Gasteiger charge is -2.34. The van der Waals surface area contributed by atoms with Gasteiger partial charge < -0.3 is 14.8 Å². The van der Waals surface area contributed by atoms with Gasteiger partial charge in [-0.3, -0.25) is 9.20 Å². The maximum atomic E-state index is 12.0. The summed E-state index contributed by atoms with van der Waals surface area (Å²) in [7, 11) is 1.58. The molecule has 1 aromatic carbocycles. The molecule has 3 rings (SSSR count). The average molecular weight is 452 g/mol. The fraction of sp³-hybridized carbons (Fsp3) is 0.481. The maximum absolute atomic E-state index is 12.0. The summed E-state index contributed by atoms with van der Waals surface area (Å²) in [6.07, 6.45) is 4.13.